The molecule has 7 heteroatoms. The van der Waals surface area contributed by atoms with Crippen LogP contribution in [0.5, 0.6) is 11.5 Å². The quantitative estimate of drug-likeness (QED) is 0.666. The Morgan fingerprint density at radius 2 is 1.96 bits per heavy atom. The summed E-state index contributed by atoms with van der Waals surface area (Å²) in [5, 5.41) is 14.9. The van der Waals surface area contributed by atoms with Gasteiger partial charge < -0.3 is 25.2 Å². The lowest BCUT2D eigenvalue weighted by Gasteiger charge is -2.25. The summed E-state index contributed by atoms with van der Waals surface area (Å²) >= 11 is 0. The van der Waals surface area contributed by atoms with Crippen molar-refractivity contribution < 1.29 is 24.2 Å². The Morgan fingerprint density at radius 3 is 2.73 bits per heavy atom. The zero-order valence-corrected chi connectivity index (χ0v) is 14.6. The summed E-state index contributed by atoms with van der Waals surface area (Å²) in [6.45, 7) is -0.251. The minimum atomic E-state index is -0.953. The molecule has 2 aliphatic rings. The number of ether oxygens (including phenoxy) is 2. The summed E-state index contributed by atoms with van der Waals surface area (Å²) in [6, 6.07) is 4.52. The molecule has 2 amide bonds. The van der Waals surface area contributed by atoms with Gasteiger partial charge in [-0.25, -0.2) is 0 Å². The van der Waals surface area contributed by atoms with Gasteiger partial charge in [0.15, 0.2) is 11.5 Å². The van der Waals surface area contributed by atoms with Crippen LogP contribution in [0.15, 0.2) is 24.3 Å². The Balaban J connectivity index is 1.52. The average molecular weight is 360 g/mol. The largest absolute Gasteiger partial charge is 0.454 e. The van der Waals surface area contributed by atoms with Gasteiger partial charge in [-0.05, 0) is 36.6 Å². The number of carbonyl (C=O) groups excluding carboxylic acids is 2. The van der Waals surface area contributed by atoms with E-state index in [2.05, 4.69) is 10.6 Å². The molecular weight excluding hydrogens is 336 g/mol. The van der Waals surface area contributed by atoms with Crippen LogP contribution in [-0.2, 0) is 9.59 Å². The maximum Gasteiger partial charge on any atom is 0.245 e. The van der Waals surface area contributed by atoms with Crippen LogP contribution in [-0.4, -0.2) is 42.4 Å². The van der Waals surface area contributed by atoms with E-state index in [0.717, 1.165) is 31.2 Å². The van der Waals surface area contributed by atoms with Crippen molar-refractivity contribution in [2.45, 2.75) is 44.2 Å². The fourth-order valence-corrected chi connectivity index (χ4v) is 3.15. The third-order valence-corrected chi connectivity index (χ3v) is 4.59. The predicted octanol–water partition coefficient (Wildman–Crippen LogP) is 1.35. The van der Waals surface area contributed by atoms with Gasteiger partial charge in [-0.15, -0.1) is 0 Å². The highest BCUT2D eigenvalue weighted by Crippen LogP contribution is 2.32. The minimum Gasteiger partial charge on any atom is -0.454 e. The predicted molar refractivity (Wildman–Crippen MR) is 95.6 cm³/mol. The lowest BCUT2D eigenvalue weighted by atomic mass is 9.95. The molecule has 0 bridgehead atoms. The molecule has 1 aromatic rings. The third-order valence-electron chi connectivity index (χ3n) is 4.59. The second-order valence-corrected chi connectivity index (χ2v) is 6.53. The molecular formula is C19H24N2O5. The van der Waals surface area contributed by atoms with Gasteiger partial charge in [0, 0.05) is 12.1 Å². The van der Waals surface area contributed by atoms with Gasteiger partial charge in [0.25, 0.3) is 0 Å². The lowest BCUT2D eigenvalue weighted by molar-refractivity contribution is -0.128. The van der Waals surface area contributed by atoms with E-state index in [-0.39, 0.29) is 18.7 Å². The van der Waals surface area contributed by atoms with E-state index in [1.54, 1.807) is 24.3 Å². The number of aliphatic hydroxyl groups excluding tert-OH is 1. The Morgan fingerprint density at radius 1 is 1.19 bits per heavy atom. The number of amides is 2. The van der Waals surface area contributed by atoms with E-state index in [1.165, 1.54) is 12.5 Å². The van der Waals surface area contributed by atoms with E-state index in [1.807, 2.05) is 0 Å². The van der Waals surface area contributed by atoms with Crippen molar-refractivity contribution in [3.8, 4) is 11.5 Å². The van der Waals surface area contributed by atoms with E-state index < -0.39 is 18.6 Å². The van der Waals surface area contributed by atoms with Crippen molar-refractivity contribution in [3.05, 3.63) is 29.8 Å². The number of carbonyl (C=O) groups is 2. The molecule has 0 aromatic heterocycles. The van der Waals surface area contributed by atoms with Gasteiger partial charge in [-0.1, -0.05) is 25.3 Å². The average Bonchev–Trinajstić information content (AvgIpc) is 3.13. The zero-order chi connectivity index (χ0) is 18.4. The van der Waals surface area contributed by atoms with Crippen molar-refractivity contribution in [2.75, 3.05) is 13.4 Å². The number of rotatable bonds is 6. The fraction of sp³-hybridized carbons (Fsp3) is 0.474. The first-order valence-electron chi connectivity index (χ1n) is 8.95. The number of hydrogen-bond donors (Lipinski definition) is 3. The summed E-state index contributed by atoms with van der Waals surface area (Å²) in [5.74, 6) is 0.517. The van der Waals surface area contributed by atoms with Gasteiger partial charge >= 0.3 is 0 Å². The number of fused-ring (bicyclic) bond motifs is 1. The Kier molecular flexibility index (Phi) is 6.12. The summed E-state index contributed by atoms with van der Waals surface area (Å²) < 4.78 is 10.5. The molecule has 1 fully saturated rings. The van der Waals surface area contributed by atoms with Gasteiger partial charge in [0.1, 0.15) is 6.04 Å². The number of benzene rings is 1. The topological polar surface area (TPSA) is 96.9 Å². The van der Waals surface area contributed by atoms with E-state index in [0.29, 0.717) is 11.5 Å². The zero-order valence-electron chi connectivity index (χ0n) is 14.6. The summed E-state index contributed by atoms with van der Waals surface area (Å²) in [6.07, 6.45) is 8.22. The number of nitrogens with one attached hydrogen (secondary N) is 2. The Hall–Kier alpha value is -2.54. The highest BCUT2D eigenvalue weighted by molar-refractivity contribution is 5.95. The number of hydrogen-bond acceptors (Lipinski definition) is 5. The van der Waals surface area contributed by atoms with E-state index in [9.17, 15) is 14.7 Å². The first kappa shape index (κ1) is 18.3. The molecule has 1 aromatic carbocycles. The molecule has 26 heavy (non-hydrogen) atoms. The van der Waals surface area contributed by atoms with Crippen molar-refractivity contribution in [1.82, 2.24) is 10.6 Å². The molecule has 1 heterocycles. The molecule has 1 aliphatic carbocycles. The minimum absolute atomic E-state index is 0.131. The van der Waals surface area contributed by atoms with Crippen molar-refractivity contribution in [1.29, 1.82) is 0 Å². The highest BCUT2D eigenvalue weighted by atomic mass is 16.7. The van der Waals surface area contributed by atoms with Crippen molar-refractivity contribution >= 4 is 17.9 Å². The van der Waals surface area contributed by atoms with Crippen LogP contribution >= 0.6 is 0 Å². The standard InChI is InChI=1S/C19H24N2O5/c22-11-15(19(24)20-14-4-2-1-3-5-14)21-18(23)9-7-13-6-8-16-17(10-13)26-12-25-16/h6-10,14-15,22H,1-5,11-12H2,(H,20,24)(H,21,23). The summed E-state index contributed by atoms with van der Waals surface area (Å²) in [5.41, 5.74) is 0.775. The molecule has 7 nitrogen and oxygen atoms in total. The maximum atomic E-state index is 12.2. The third kappa shape index (κ3) is 4.76. The molecule has 3 N–H and O–H groups in total. The molecule has 3 rings (SSSR count). The molecule has 0 radical (unpaired) electrons. The Bertz CT molecular complexity index is 683. The summed E-state index contributed by atoms with van der Waals surface area (Å²) in [4.78, 5) is 24.3. The monoisotopic (exact) mass is 360 g/mol. The molecule has 140 valence electrons. The first-order valence-corrected chi connectivity index (χ1v) is 8.95. The van der Waals surface area contributed by atoms with Crippen molar-refractivity contribution in [2.24, 2.45) is 0 Å². The molecule has 0 saturated heterocycles. The van der Waals surface area contributed by atoms with Crippen LogP contribution in [0.25, 0.3) is 6.08 Å². The summed E-state index contributed by atoms with van der Waals surface area (Å²) in [7, 11) is 0. The van der Waals surface area contributed by atoms with Crippen LogP contribution in [0.3, 0.4) is 0 Å². The number of aliphatic hydroxyl groups is 1. The van der Waals surface area contributed by atoms with Crippen LogP contribution in [0.2, 0.25) is 0 Å². The highest BCUT2D eigenvalue weighted by Gasteiger charge is 2.23. The molecule has 0 spiro atoms. The van der Waals surface area contributed by atoms with Crippen LogP contribution in [0.1, 0.15) is 37.7 Å². The fourth-order valence-electron chi connectivity index (χ4n) is 3.15. The van der Waals surface area contributed by atoms with Crippen LogP contribution < -0.4 is 20.1 Å². The molecule has 1 aliphatic heterocycles. The second kappa shape index (κ2) is 8.71. The van der Waals surface area contributed by atoms with Gasteiger partial charge in [0.05, 0.1) is 6.61 Å². The smallest absolute Gasteiger partial charge is 0.245 e. The van der Waals surface area contributed by atoms with Crippen LogP contribution in [0.4, 0.5) is 0 Å². The van der Waals surface area contributed by atoms with Gasteiger partial charge in [-0.2, -0.15) is 0 Å². The van der Waals surface area contributed by atoms with E-state index >= 15 is 0 Å². The maximum absolute atomic E-state index is 12.2. The molecule has 1 saturated carbocycles. The van der Waals surface area contributed by atoms with Gasteiger partial charge in [-0.3, -0.25) is 9.59 Å². The van der Waals surface area contributed by atoms with Crippen molar-refractivity contribution in [3.63, 3.8) is 0 Å². The molecule has 1 atom stereocenters. The Labute approximate surface area is 152 Å². The molecule has 1 unspecified atom stereocenters. The lowest BCUT2D eigenvalue weighted by Crippen LogP contribution is -2.51. The SMILES string of the molecule is O=C(C=Cc1ccc2c(c1)OCO2)NC(CO)C(=O)NC1CCCCC1. The second-order valence-electron chi connectivity index (χ2n) is 6.53. The van der Waals surface area contributed by atoms with Gasteiger partial charge in [0.2, 0.25) is 18.6 Å². The van der Waals surface area contributed by atoms with Crippen LogP contribution in [0, 0.1) is 0 Å². The van der Waals surface area contributed by atoms with E-state index in [4.69, 9.17) is 9.47 Å². The first-order chi connectivity index (χ1) is 12.7. The normalized spacial score (nSPS) is 17.9.